The van der Waals surface area contributed by atoms with Gasteiger partial charge in [0.2, 0.25) is 12.2 Å². The summed E-state index contributed by atoms with van der Waals surface area (Å²) in [6.07, 6.45) is 0.290. The van der Waals surface area contributed by atoms with Crippen LogP contribution in [0.3, 0.4) is 0 Å². The van der Waals surface area contributed by atoms with Gasteiger partial charge in [-0.15, -0.1) is 0 Å². The largest absolute Gasteiger partial charge is 0.466 e. The third-order valence-electron chi connectivity index (χ3n) is 2.72. The van der Waals surface area contributed by atoms with Gasteiger partial charge in [-0.05, 0) is 25.0 Å². The summed E-state index contributed by atoms with van der Waals surface area (Å²) in [7, 11) is 0. The van der Waals surface area contributed by atoms with Crippen molar-refractivity contribution < 1.29 is 19.4 Å². The monoisotopic (exact) mass is 282 g/mol. The Balaban J connectivity index is 2.28. The number of rotatable bonds is 4. The minimum absolute atomic E-state index is 0.0599. The number of H-pyrrole nitrogens is 2. The van der Waals surface area contributed by atoms with Gasteiger partial charge in [0.15, 0.2) is 0 Å². The predicted octanol–water partition coefficient (Wildman–Crippen LogP) is -0.499. The van der Waals surface area contributed by atoms with E-state index in [2.05, 4.69) is 9.97 Å². The molecular weight excluding hydrogens is 268 g/mol. The molecule has 0 aliphatic carbocycles. The van der Waals surface area contributed by atoms with Crippen molar-refractivity contribution in [2.45, 2.75) is 26.1 Å². The van der Waals surface area contributed by atoms with Gasteiger partial charge >= 0.3 is 11.7 Å². The molecule has 1 atom stereocenters. The quantitative estimate of drug-likeness (QED) is 0.640. The highest BCUT2D eigenvalue weighted by molar-refractivity contribution is 5.76. The maximum atomic E-state index is 11.8. The van der Waals surface area contributed by atoms with E-state index in [-0.39, 0.29) is 30.9 Å². The number of aromatic amines is 2. The number of carbonyl (C=O) groups is 1. The number of nitrogens with one attached hydrogen (secondary N) is 2. The SMILES string of the molecule is CCOC(=O)CCC1=CC(O)Oc2[nH]c(=O)[nH]c(=O)c21. The number of aliphatic hydroxyl groups excluding tert-OH is 1. The summed E-state index contributed by atoms with van der Waals surface area (Å²) in [6.45, 7) is 1.97. The summed E-state index contributed by atoms with van der Waals surface area (Å²) in [4.78, 5) is 38.6. The zero-order valence-corrected chi connectivity index (χ0v) is 10.8. The molecule has 0 radical (unpaired) electrons. The molecule has 1 aromatic heterocycles. The van der Waals surface area contributed by atoms with E-state index < -0.39 is 23.5 Å². The number of hydrogen-bond acceptors (Lipinski definition) is 6. The number of fused-ring (bicyclic) bond motifs is 1. The summed E-state index contributed by atoms with van der Waals surface area (Å²) in [5.41, 5.74) is -0.832. The number of aliphatic hydroxyl groups is 1. The molecule has 1 aliphatic rings. The minimum Gasteiger partial charge on any atom is -0.466 e. The number of hydrogen-bond donors (Lipinski definition) is 3. The van der Waals surface area contributed by atoms with Crippen molar-refractivity contribution in [2.75, 3.05) is 6.61 Å². The first-order chi connectivity index (χ1) is 9.51. The molecule has 2 rings (SSSR count). The number of aromatic nitrogens is 2. The highest BCUT2D eigenvalue weighted by Gasteiger charge is 2.23. The van der Waals surface area contributed by atoms with Crippen molar-refractivity contribution in [2.24, 2.45) is 0 Å². The molecule has 0 saturated heterocycles. The topological polar surface area (TPSA) is 121 Å². The third-order valence-corrected chi connectivity index (χ3v) is 2.72. The maximum absolute atomic E-state index is 11.8. The summed E-state index contributed by atoms with van der Waals surface area (Å²) in [6, 6.07) is 0. The van der Waals surface area contributed by atoms with Gasteiger partial charge < -0.3 is 14.6 Å². The predicted molar refractivity (Wildman–Crippen MR) is 68.2 cm³/mol. The molecule has 0 aromatic carbocycles. The second-order valence-electron chi connectivity index (χ2n) is 4.12. The fraction of sp³-hybridized carbons (Fsp3) is 0.417. The molecular formula is C12H14N2O6. The maximum Gasteiger partial charge on any atom is 0.328 e. The molecule has 0 spiro atoms. The van der Waals surface area contributed by atoms with E-state index in [4.69, 9.17) is 9.47 Å². The van der Waals surface area contributed by atoms with Crippen molar-refractivity contribution >= 4 is 11.5 Å². The van der Waals surface area contributed by atoms with Crippen LogP contribution in [0, 0.1) is 0 Å². The van der Waals surface area contributed by atoms with Crippen molar-refractivity contribution in [3.8, 4) is 5.88 Å². The van der Waals surface area contributed by atoms with E-state index in [9.17, 15) is 19.5 Å². The molecule has 2 heterocycles. The number of esters is 1. The molecule has 0 bridgehead atoms. The van der Waals surface area contributed by atoms with Crippen LogP contribution in [0.15, 0.2) is 15.7 Å². The van der Waals surface area contributed by atoms with Crippen molar-refractivity contribution in [3.05, 3.63) is 32.5 Å². The van der Waals surface area contributed by atoms with E-state index in [1.807, 2.05) is 0 Å². The van der Waals surface area contributed by atoms with E-state index >= 15 is 0 Å². The lowest BCUT2D eigenvalue weighted by atomic mass is 10.0. The molecule has 0 fully saturated rings. The van der Waals surface area contributed by atoms with Gasteiger partial charge in [0.1, 0.15) is 5.56 Å². The third kappa shape index (κ3) is 2.97. The second-order valence-corrected chi connectivity index (χ2v) is 4.12. The second kappa shape index (κ2) is 5.74. The first-order valence-electron chi connectivity index (χ1n) is 6.09. The molecule has 0 amide bonds. The van der Waals surface area contributed by atoms with Gasteiger partial charge in [-0.2, -0.15) is 0 Å². The van der Waals surface area contributed by atoms with E-state index in [1.165, 1.54) is 6.08 Å². The van der Waals surface area contributed by atoms with Crippen LogP contribution < -0.4 is 16.0 Å². The average Bonchev–Trinajstić information content (AvgIpc) is 2.35. The first kappa shape index (κ1) is 14.1. The number of ether oxygens (including phenoxy) is 2. The van der Waals surface area contributed by atoms with Gasteiger partial charge in [-0.25, -0.2) is 4.79 Å². The first-order valence-corrected chi connectivity index (χ1v) is 6.09. The fourth-order valence-electron chi connectivity index (χ4n) is 1.93. The zero-order chi connectivity index (χ0) is 14.7. The van der Waals surface area contributed by atoms with Gasteiger partial charge in [-0.1, -0.05) is 0 Å². The molecule has 1 aromatic rings. The number of carbonyl (C=O) groups excluding carboxylic acids is 1. The molecule has 108 valence electrons. The Morgan fingerprint density at radius 3 is 2.90 bits per heavy atom. The molecule has 1 aliphatic heterocycles. The molecule has 8 heteroatoms. The summed E-state index contributed by atoms with van der Waals surface area (Å²) in [5, 5.41) is 9.53. The van der Waals surface area contributed by atoms with Crippen LogP contribution in [-0.4, -0.2) is 33.9 Å². The highest BCUT2D eigenvalue weighted by atomic mass is 16.6. The Morgan fingerprint density at radius 1 is 1.45 bits per heavy atom. The van der Waals surface area contributed by atoms with Crippen LogP contribution in [0.2, 0.25) is 0 Å². The molecule has 20 heavy (non-hydrogen) atoms. The van der Waals surface area contributed by atoms with Crippen molar-refractivity contribution in [1.82, 2.24) is 9.97 Å². The Labute approximate surface area is 113 Å². The van der Waals surface area contributed by atoms with E-state index in [0.29, 0.717) is 5.57 Å². The average molecular weight is 282 g/mol. The highest BCUT2D eigenvalue weighted by Crippen LogP contribution is 2.28. The standard InChI is InChI=1S/C12H14N2O6/c1-2-19-7(15)4-3-6-5-8(16)20-11-9(6)10(17)13-12(18)14-11/h5,8,16H,2-4H2,1H3,(H2,13,14,17,18). The zero-order valence-electron chi connectivity index (χ0n) is 10.8. The fourth-order valence-corrected chi connectivity index (χ4v) is 1.93. The summed E-state index contributed by atoms with van der Waals surface area (Å²) in [5.74, 6) is -0.510. The summed E-state index contributed by atoms with van der Waals surface area (Å²) < 4.78 is 9.76. The Morgan fingerprint density at radius 2 is 2.20 bits per heavy atom. The molecule has 1 unspecified atom stereocenters. The van der Waals surface area contributed by atoms with Crippen LogP contribution in [0.1, 0.15) is 25.3 Å². The van der Waals surface area contributed by atoms with Crippen molar-refractivity contribution in [3.63, 3.8) is 0 Å². The van der Waals surface area contributed by atoms with Crippen molar-refractivity contribution in [1.29, 1.82) is 0 Å². The van der Waals surface area contributed by atoms with Crippen LogP contribution in [-0.2, 0) is 9.53 Å². The lowest BCUT2D eigenvalue weighted by molar-refractivity contribution is -0.142. The molecule has 8 nitrogen and oxygen atoms in total. The van der Waals surface area contributed by atoms with Crippen LogP contribution in [0.5, 0.6) is 5.88 Å². The normalized spacial score (nSPS) is 16.9. The van der Waals surface area contributed by atoms with Gasteiger partial charge in [0.25, 0.3) is 5.56 Å². The van der Waals surface area contributed by atoms with Gasteiger partial charge in [0.05, 0.1) is 6.61 Å². The lowest BCUT2D eigenvalue weighted by Crippen LogP contribution is -2.31. The van der Waals surface area contributed by atoms with Crippen LogP contribution >= 0.6 is 0 Å². The smallest absolute Gasteiger partial charge is 0.328 e. The van der Waals surface area contributed by atoms with Gasteiger partial charge in [-0.3, -0.25) is 19.6 Å². The Bertz CT molecular complexity index is 657. The Hall–Kier alpha value is -2.35. The minimum atomic E-state index is -1.28. The van der Waals surface area contributed by atoms with Crippen LogP contribution in [0.4, 0.5) is 0 Å². The number of allylic oxidation sites excluding steroid dienone is 1. The molecule has 3 N–H and O–H groups in total. The Kier molecular flexibility index (Phi) is 4.04. The van der Waals surface area contributed by atoms with E-state index in [1.54, 1.807) is 6.92 Å². The van der Waals surface area contributed by atoms with Crippen LogP contribution in [0.25, 0.3) is 5.57 Å². The summed E-state index contributed by atoms with van der Waals surface area (Å²) >= 11 is 0. The van der Waals surface area contributed by atoms with Gasteiger partial charge in [0, 0.05) is 6.42 Å². The van der Waals surface area contributed by atoms with E-state index in [0.717, 1.165) is 0 Å². The lowest BCUT2D eigenvalue weighted by Gasteiger charge is -2.20. The molecule has 0 saturated carbocycles.